The van der Waals surface area contributed by atoms with Gasteiger partial charge in [0.25, 0.3) is 0 Å². The van der Waals surface area contributed by atoms with Crippen molar-refractivity contribution in [3.8, 4) is 11.4 Å². The lowest BCUT2D eigenvalue weighted by Crippen LogP contribution is -2.35. The van der Waals surface area contributed by atoms with Gasteiger partial charge in [0.2, 0.25) is 5.79 Å². The maximum atomic E-state index is 6.51. The van der Waals surface area contributed by atoms with Gasteiger partial charge in [-0.2, -0.15) is 0 Å². The van der Waals surface area contributed by atoms with E-state index in [1.165, 1.54) is 0 Å². The van der Waals surface area contributed by atoms with Crippen molar-refractivity contribution < 1.29 is 14.2 Å². The molecule has 0 aliphatic carbocycles. The van der Waals surface area contributed by atoms with E-state index in [1.807, 2.05) is 45.8 Å². The maximum Gasteiger partial charge on any atom is 0.216 e. The monoisotopic (exact) mass is 470 g/mol. The van der Waals surface area contributed by atoms with Crippen molar-refractivity contribution in [1.29, 1.82) is 0 Å². The first-order chi connectivity index (χ1) is 15.6. The van der Waals surface area contributed by atoms with Gasteiger partial charge in [0.1, 0.15) is 18.5 Å². The number of ether oxygens (including phenoxy) is 3. The van der Waals surface area contributed by atoms with Crippen LogP contribution in [0.3, 0.4) is 0 Å². The molecule has 4 aromatic rings. The average Bonchev–Trinajstić information content (AvgIpc) is 3.56. The Morgan fingerprint density at radius 3 is 2.44 bits per heavy atom. The van der Waals surface area contributed by atoms with E-state index in [0.29, 0.717) is 35.4 Å². The van der Waals surface area contributed by atoms with E-state index in [4.69, 9.17) is 37.4 Å². The molecule has 2 atom stereocenters. The van der Waals surface area contributed by atoms with E-state index >= 15 is 0 Å². The molecule has 1 saturated heterocycles. The van der Waals surface area contributed by atoms with Crippen molar-refractivity contribution in [1.82, 2.24) is 19.1 Å². The molecule has 7 nitrogen and oxygen atoms in total. The van der Waals surface area contributed by atoms with E-state index in [2.05, 4.69) is 9.97 Å². The van der Waals surface area contributed by atoms with E-state index < -0.39 is 5.79 Å². The van der Waals surface area contributed by atoms with Crippen LogP contribution in [0.1, 0.15) is 5.56 Å². The van der Waals surface area contributed by atoms with Crippen LogP contribution in [0.15, 0.2) is 79.9 Å². The van der Waals surface area contributed by atoms with E-state index in [1.54, 1.807) is 43.2 Å². The summed E-state index contributed by atoms with van der Waals surface area (Å²) in [6.07, 6.45) is 10.3. The van der Waals surface area contributed by atoms with Crippen molar-refractivity contribution in [3.63, 3.8) is 0 Å². The summed E-state index contributed by atoms with van der Waals surface area (Å²) in [5, 5.41) is 0.962. The first-order valence-corrected chi connectivity index (χ1v) is 10.8. The summed E-state index contributed by atoms with van der Waals surface area (Å²) >= 11 is 13.0. The normalized spacial score (nSPS) is 20.5. The van der Waals surface area contributed by atoms with Crippen LogP contribution in [0.25, 0.3) is 5.69 Å². The third kappa shape index (κ3) is 4.25. The number of imidazole rings is 2. The molecule has 2 unspecified atom stereocenters. The molecule has 0 spiro atoms. The first kappa shape index (κ1) is 21.0. The van der Waals surface area contributed by atoms with Crippen LogP contribution in [-0.4, -0.2) is 38.4 Å². The van der Waals surface area contributed by atoms with Crippen LogP contribution in [0.2, 0.25) is 10.0 Å². The number of hydrogen-bond donors (Lipinski definition) is 0. The number of aromatic nitrogens is 4. The van der Waals surface area contributed by atoms with Gasteiger partial charge in [0.05, 0.1) is 41.4 Å². The number of nitrogens with zero attached hydrogens (tertiary/aromatic N) is 4. The standard InChI is InChI=1S/C23H20Cl2N4O3/c24-20-2-1-3-21(25)22(20)23(14-28-10-8-26-15-28)31-13-19(32-23)12-30-18-6-4-17(5-7-18)29-11-9-27-16-29/h1-11,15-16,19H,12-14H2. The van der Waals surface area contributed by atoms with Crippen LogP contribution in [0.4, 0.5) is 0 Å². The van der Waals surface area contributed by atoms with Gasteiger partial charge in [-0.25, -0.2) is 9.97 Å². The Bertz CT molecular complexity index is 1150. The SMILES string of the molecule is Clc1cccc(Cl)c1C1(Cn2ccnc2)OCC(COc2ccc(-n3ccnc3)cc2)O1. The molecule has 0 radical (unpaired) electrons. The van der Waals surface area contributed by atoms with Crippen molar-refractivity contribution in [2.45, 2.75) is 18.4 Å². The highest BCUT2D eigenvalue weighted by molar-refractivity contribution is 6.36. The molecule has 0 saturated carbocycles. The van der Waals surface area contributed by atoms with Crippen molar-refractivity contribution in [3.05, 3.63) is 95.5 Å². The number of benzene rings is 2. The summed E-state index contributed by atoms with van der Waals surface area (Å²) in [5.41, 5.74) is 1.60. The molecular weight excluding hydrogens is 451 g/mol. The van der Waals surface area contributed by atoms with Gasteiger partial charge >= 0.3 is 0 Å². The minimum Gasteiger partial charge on any atom is -0.491 e. The van der Waals surface area contributed by atoms with E-state index in [0.717, 1.165) is 11.4 Å². The van der Waals surface area contributed by atoms with Gasteiger partial charge < -0.3 is 23.3 Å². The van der Waals surface area contributed by atoms with Gasteiger partial charge in [0.15, 0.2) is 0 Å². The molecule has 9 heteroatoms. The van der Waals surface area contributed by atoms with Crippen LogP contribution >= 0.6 is 23.2 Å². The molecule has 0 bridgehead atoms. The second kappa shape index (κ2) is 8.96. The zero-order chi connectivity index (χ0) is 22.0. The molecule has 2 aromatic carbocycles. The third-order valence-electron chi connectivity index (χ3n) is 5.23. The molecule has 3 heterocycles. The van der Waals surface area contributed by atoms with Gasteiger partial charge in [-0.15, -0.1) is 0 Å². The summed E-state index contributed by atoms with van der Waals surface area (Å²) in [7, 11) is 0. The molecule has 0 N–H and O–H groups in total. The molecule has 32 heavy (non-hydrogen) atoms. The molecular formula is C23H20Cl2N4O3. The topological polar surface area (TPSA) is 63.3 Å². The first-order valence-electron chi connectivity index (χ1n) is 10.1. The summed E-state index contributed by atoms with van der Waals surface area (Å²) in [4.78, 5) is 8.17. The zero-order valence-electron chi connectivity index (χ0n) is 17.0. The Kier molecular flexibility index (Phi) is 5.89. The van der Waals surface area contributed by atoms with Gasteiger partial charge in [-0.05, 0) is 36.4 Å². The summed E-state index contributed by atoms with van der Waals surface area (Å²) in [6.45, 7) is 1.01. The average molecular weight is 471 g/mol. The summed E-state index contributed by atoms with van der Waals surface area (Å²) in [6, 6.07) is 13.1. The molecule has 1 fully saturated rings. The molecule has 1 aliphatic heterocycles. The molecule has 0 amide bonds. The Balaban J connectivity index is 1.31. The highest BCUT2D eigenvalue weighted by Gasteiger charge is 2.46. The fraction of sp³-hybridized carbons (Fsp3) is 0.217. The van der Waals surface area contributed by atoms with Crippen LogP contribution in [0, 0.1) is 0 Å². The van der Waals surface area contributed by atoms with Crippen LogP contribution in [-0.2, 0) is 21.8 Å². The molecule has 1 aliphatic rings. The van der Waals surface area contributed by atoms with Crippen LogP contribution < -0.4 is 4.74 Å². The lowest BCUT2D eigenvalue weighted by molar-refractivity contribution is -0.189. The highest BCUT2D eigenvalue weighted by Crippen LogP contribution is 2.43. The minimum absolute atomic E-state index is 0.306. The molecule has 164 valence electrons. The second-order valence-electron chi connectivity index (χ2n) is 7.41. The van der Waals surface area contributed by atoms with Crippen molar-refractivity contribution in [2.75, 3.05) is 13.2 Å². The Hall–Kier alpha value is -2.84. The highest BCUT2D eigenvalue weighted by atomic mass is 35.5. The largest absolute Gasteiger partial charge is 0.491 e. The Morgan fingerprint density at radius 2 is 1.75 bits per heavy atom. The maximum absolute atomic E-state index is 6.51. The second-order valence-corrected chi connectivity index (χ2v) is 8.22. The van der Waals surface area contributed by atoms with E-state index in [9.17, 15) is 0 Å². The zero-order valence-corrected chi connectivity index (χ0v) is 18.5. The Morgan fingerprint density at radius 1 is 1.00 bits per heavy atom. The summed E-state index contributed by atoms with van der Waals surface area (Å²) in [5.74, 6) is -0.407. The summed E-state index contributed by atoms with van der Waals surface area (Å²) < 4.78 is 22.4. The van der Waals surface area contributed by atoms with Crippen molar-refractivity contribution in [2.24, 2.45) is 0 Å². The minimum atomic E-state index is -1.14. The number of halogens is 2. The lowest BCUT2D eigenvalue weighted by atomic mass is 10.1. The van der Waals surface area contributed by atoms with Crippen LogP contribution in [0.5, 0.6) is 5.75 Å². The lowest BCUT2D eigenvalue weighted by Gasteiger charge is -2.30. The Labute approximate surface area is 195 Å². The van der Waals surface area contributed by atoms with Gasteiger partial charge in [0, 0.05) is 30.5 Å². The molecule has 5 rings (SSSR count). The molecule has 2 aromatic heterocycles. The van der Waals surface area contributed by atoms with Crippen molar-refractivity contribution >= 4 is 23.2 Å². The predicted molar refractivity (Wildman–Crippen MR) is 120 cm³/mol. The fourth-order valence-corrected chi connectivity index (χ4v) is 4.42. The number of hydrogen-bond acceptors (Lipinski definition) is 5. The van der Waals surface area contributed by atoms with Gasteiger partial charge in [-0.1, -0.05) is 29.3 Å². The quantitative estimate of drug-likeness (QED) is 0.390. The number of rotatable bonds is 7. The predicted octanol–water partition coefficient (Wildman–Crippen LogP) is 4.72. The smallest absolute Gasteiger partial charge is 0.216 e. The van der Waals surface area contributed by atoms with Gasteiger partial charge in [-0.3, -0.25) is 0 Å². The fourth-order valence-electron chi connectivity index (χ4n) is 3.74. The third-order valence-corrected chi connectivity index (χ3v) is 5.86. The van der Waals surface area contributed by atoms with E-state index in [-0.39, 0.29) is 6.10 Å².